The van der Waals surface area contributed by atoms with Crippen LogP contribution in [0.1, 0.15) is 94.4 Å². The van der Waals surface area contributed by atoms with E-state index < -0.39 is 29.2 Å². The van der Waals surface area contributed by atoms with Crippen LogP contribution in [0.15, 0.2) is 28.6 Å². The first-order valence-corrected chi connectivity index (χ1v) is 15.2. The zero-order valence-corrected chi connectivity index (χ0v) is 26.3. The fourth-order valence-corrected chi connectivity index (χ4v) is 6.60. The van der Waals surface area contributed by atoms with E-state index in [4.69, 9.17) is 19.3 Å². The van der Waals surface area contributed by atoms with Gasteiger partial charge in [-0.15, -0.1) is 5.48 Å². The molecule has 0 spiro atoms. The van der Waals surface area contributed by atoms with E-state index in [1.54, 1.807) is 6.92 Å². The van der Waals surface area contributed by atoms with Crippen molar-refractivity contribution in [2.45, 2.75) is 96.5 Å². The molecule has 0 bridgehead atoms. The van der Waals surface area contributed by atoms with Gasteiger partial charge in [-0.05, 0) is 107 Å². The van der Waals surface area contributed by atoms with Crippen LogP contribution in [-0.4, -0.2) is 50.1 Å². The van der Waals surface area contributed by atoms with Crippen LogP contribution in [0.4, 0.5) is 9.18 Å². The Kier molecular flexibility index (Phi) is 7.23. The Hall–Kier alpha value is -2.86. The number of pyridine rings is 1. The molecule has 11 heteroatoms. The van der Waals surface area contributed by atoms with Crippen molar-refractivity contribution in [1.82, 2.24) is 20.0 Å². The van der Waals surface area contributed by atoms with Crippen LogP contribution >= 0.6 is 15.9 Å². The molecule has 9 nitrogen and oxygen atoms in total. The van der Waals surface area contributed by atoms with Crippen molar-refractivity contribution in [2.24, 2.45) is 0 Å². The number of allylic oxidation sites excluding steroid dienone is 1. The molecule has 42 heavy (non-hydrogen) atoms. The Balaban J connectivity index is 1.72. The second-order valence-corrected chi connectivity index (χ2v) is 13.3. The molecule has 1 saturated carbocycles. The zero-order chi connectivity index (χ0) is 30.1. The third kappa shape index (κ3) is 4.94. The first kappa shape index (κ1) is 29.2. The minimum absolute atomic E-state index is 0.0339. The number of nitrogens with one attached hydrogen (secondary N) is 1. The van der Waals surface area contributed by atoms with Crippen LogP contribution in [0.5, 0.6) is 0 Å². The molecule has 2 aromatic heterocycles. The summed E-state index contributed by atoms with van der Waals surface area (Å²) < 4.78 is 29.9. The highest BCUT2D eigenvalue weighted by molar-refractivity contribution is 9.10. The number of aromatic nitrogens is 3. The number of aryl methyl sites for hydroxylation is 1. The highest BCUT2D eigenvalue weighted by atomic mass is 79.9. The fourth-order valence-electron chi connectivity index (χ4n) is 6.10. The summed E-state index contributed by atoms with van der Waals surface area (Å²) in [6.45, 7) is 11.3. The van der Waals surface area contributed by atoms with Crippen LogP contribution in [0, 0.1) is 12.7 Å². The van der Waals surface area contributed by atoms with Crippen molar-refractivity contribution < 1.29 is 28.6 Å². The summed E-state index contributed by atoms with van der Waals surface area (Å²) in [5.74, 6) is 0.674. The van der Waals surface area contributed by atoms with Crippen molar-refractivity contribution in [3.8, 4) is 0 Å². The van der Waals surface area contributed by atoms with E-state index in [1.807, 2.05) is 46.8 Å². The van der Waals surface area contributed by atoms with E-state index in [0.29, 0.717) is 57.8 Å². The molecule has 3 unspecified atom stereocenters. The fraction of sp³-hybridized carbons (Fsp3) is 0.516. The number of nitrogens with zero attached hydrogens (tertiary/aromatic N) is 3. The van der Waals surface area contributed by atoms with Gasteiger partial charge in [0.15, 0.2) is 5.82 Å². The summed E-state index contributed by atoms with van der Waals surface area (Å²) in [5.41, 5.74) is 3.24. The molecule has 2 N–H and O–H groups in total. The van der Waals surface area contributed by atoms with Gasteiger partial charge in [-0.2, -0.15) is 0 Å². The second kappa shape index (κ2) is 10.4. The Bertz CT molecular complexity index is 1620. The molecule has 2 fully saturated rings. The molecule has 0 amide bonds. The molecule has 3 aliphatic rings. The second-order valence-electron chi connectivity index (χ2n) is 12.5. The number of benzene rings is 1. The van der Waals surface area contributed by atoms with E-state index in [9.17, 15) is 9.90 Å². The summed E-state index contributed by atoms with van der Waals surface area (Å²) in [7, 11) is 0. The summed E-state index contributed by atoms with van der Waals surface area (Å²) >= 11 is 3.40. The molecule has 1 saturated heterocycles. The van der Waals surface area contributed by atoms with Gasteiger partial charge in [-0.3, -0.25) is 0 Å². The third-order valence-corrected chi connectivity index (χ3v) is 8.53. The summed E-state index contributed by atoms with van der Waals surface area (Å²) in [6, 6.07) is 5.04. The Morgan fingerprint density at radius 3 is 2.50 bits per heavy atom. The van der Waals surface area contributed by atoms with E-state index in [2.05, 4.69) is 26.4 Å². The number of hydroxylamine groups is 1. The maximum absolute atomic E-state index is 16.0. The normalized spacial score (nSPS) is 22.5. The van der Waals surface area contributed by atoms with Crippen molar-refractivity contribution in [3.63, 3.8) is 0 Å². The largest absolute Gasteiger partial charge is 0.443 e. The lowest BCUT2D eigenvalue weighted by atomic mass is 9.78. The van der Waals surface area contributed by atoms with E-state index in [0.717, 1.165) is 18.4 Å². The topological polar surface area (TPSA) is 108 Å². The highest BCUT2D eigenvalue weighted by Crippen LogP contribution is 2.47. The van der Waals surface area contributed by atoms with Gasteiger partial charge in [0.2, 0.25) is 0 Å². The number of hydrogen-bond acceptors (Lipinski definition) is 8. The molecule has 6 rings (SSSR count). The van der Waals surface area contributed by atoms with Crippen LogP contribution < -0.4 is 5.48 Å². The van der Waals surface area contributed by atoms with Crippen LogP contribution in [0.25, 0.3) is 16.6 Å². The Labute approximate surface area is 252 Å². The summed E-state index contributed by atoms with van der Waals surface area (Å²) in [6.07, 6.45) is 1.67. The predicted octanol–water partition coefficient (Wildman–Crippen LogP) is 6.37. The summed E-state index contributed by atoms with van der Waals surface area (Å²) in [4.78, 5) is 28.6. The van der Waals surface area contributed by atoms with Crippen molar-refractivity contribution >= 4 is 38.6 Å². The monoisotopic (exact) mass is 642 g/mol. The van der Waals surface area contributed by atoms with Gasteiger partial charge in [0, 0.05) is 29.2 Å². The Morgan fingerprint density at radius 2 is 1.90 bits per heavy atom. The van der Waals surface area contributed by atoms with Gasteiger partial charge in [-0.25, -0.2) is 23.7 Å². The molecule has 3 aromatic rings. The lowest BCUT2D eigenvalue weighted by Crippen LogP contribution is -2.42. The van der Waals surface area contributed by atoms with Crippen molar-refractivity contribution in [1.29, 1.82) is 0 Å². The standard InChI is InChI=1S/C31H36BrFN4O5/c1-15-25(17(3)42-36-15)19-12-21(31(39,23-8-7-11-40-23)20-14-24(32)34-16(2)26(20)33)27-22(13-19)37(28(35-27)18-9-10-18)29(38)41-30(4,5)6/h12-15,18,23,36,39H,7-11H2,1-6H3. The third-order valence-electron chi connectivity index (χ3n) is 8.13. The number of hydrogen-bond donors (Lipinski definition) is 2. The molecular weight excluding hydrogens is 607 g/mol. The van der Waals surface area contributed by atoms with Crippen LogP contribution in [0.2, 0.25) is 0 Å². The smallest absolute Gasteiger partial charge is 0.420 e. The molecule has 2 aliphatic heterocycles. The minimum atomic E-state index is -1.95. The maximum Gasteiger partial charge on any atom is 0.420 e. The van der Waals surface area contributed by atoms with Gasteiger partial charge in [-0.1, -0.05) is 0 Å². The number of ether oxygens (including phenoxy) is 2. The molecule has 0 radical (unpaired) electrons. The maximum atomic E-state index is 16.0. The van der Waals surface area contributed by atoms with E-state index in [1.165, 1.54) is 10.6 Å². The lowest BCUT2D eigenvalue weighted by molar-refractivity contribution is -0.0632. The van der Waals surface area contributed by atoms with Gasteiger partial charge in [0.25, 0.3) is 0 Å². The lowest BCUT2D eigenvalue weighted by Gasteiger charge is -2.35. The quantitative estimate of drug-likeness (QED) is 0.309. The van der Waals surface area contributed by atoms with Gasteiger partial charge < -0.3 is 19.4 Å². The minimum Gasteiger partial charge on any atom is -0.443 e. The van der Waals surface area contributed by atoms with Crippen molar-refractivity contribution in [2.75, 3.05) is 6.61 Å². The summed E-state index contributed by atoms with van der Waals surface area (Å²) in [5, 5.41) is 12.9. The SMILES string of the molecule is CC1=C(c2cc(C(O)(c3cc(Br)nc(C)c3F)C3CCCO3)c3nc(C4CC4)n(C(=O)OC(C)(C)C)c3c2)C(C)NO1. The predicted molar refractivity (Wildman–Crippen MR) is 158 cm³/mol. The number of carbonyl (C=O) groups excluding carboxylic acids is 1. The average Bonchev–Trinajstić information content (AvgIpc) is 3.29. The van der Waals surface area contributed by atoms with Crippen LogP contribution in [-0.2, 0) is 19.9 Å². The molecule has 1 aliphatic carbocycles. The molecule has 224 valence electrons. The van der Waals surface area contributed by atoms with E-state index in [-0.39, 0.29) is 23.2 Å². The number of carbonyl (C=O) groups is 1. The number of imidazole rings is 1. The highest BCUT2D eigenvalue weighted by Gasteiger charge is 2.48. The first-order valence-electron chi connectivity index (χ1n) is 14.4. The van der Waals surface area contributed by atoms with E-state index >= 15 is 4.39 Å². The number of aliphatic hydroxyl groups is 1. The van der Waals surface area contributed by atoms with Crippen LogP contribution in [0.3, 0.4) is 0 Å². The number of rotatable bonds is 5. The van der Waals surface area contributed by atoms with Gasteiger partial charge in [0.05, 0.1) is 28.9 Å². The zero-order valence-electron chi connectivity index (χ0n) is 24.7. The number of halogens is 2. The Morgan fingerprint density at radius 1 is 1.17 bits per heavy atom. The van der Waals surface area contributed by atoms with Gasteiger partial charge in [0.1, 0.15) is 27.4 Å². The van der Waals surface area contributed by atoms with Crippen molar-refractivity contribution in [3.05, 3.63) is 62.6 Å². The molecule has 1 aromatic carbocycles. The molecule has 4 heterocycles. The number of fused-ring (bicyclic) bond motifs is 1. The molecular formula is C31H36BrFN4O5. The molecule has 3 atom stereocenters. The van der Waals surface area contributed by atoms with Gasteiger partial charge >= 0.3 is 6.09 Å². The average molecular weight is 644 g/mol. The first-order chi connectivity index (χ1) is 19.8.